The summed E-state index contributed by atoms with van der Waals surface area (Å²) in [5.74, 6) is 0.572. The summed E-state index contributed by atoms with van der Waals surface area (Å²) in [6.07, 6.45) is 45.8. The van der Waals surface area contributed by atoms with E-state index in [1.165, 1.54) is 205 Å². The van der Waals surface area contributed by atoms with Crippen LogP contribution >= 0.6 is 0 Å². The van der Waals surface area contributed by atoms with Gasteiger partial charge in [0.05, 0.1) is 0 Å². The molecule has 0 spiro atoms. The van der Waals surface area contributed by atoms with E-state index in [0.29, 0.717) is 19.1 Å². The summed E-state index contributed by atoms with van der Waals surface area (Å²) in [5, 5.41) is 17.9. The van der Waals surface area contributed by atoms with Crippen LogP contribution in [0.15, 0.2) is 0 Å². The van der Waals surface area contributed by atoms with Crippen LogP contribution in [0.1, 0.15) is 233 Å². The highest BCUT2D eigenvalue weighted by atomic mass is 16.3. The van der Waals surface area contributed by atoms with E-state index in [2.05, 4.69) is 20.8 Å². The highest BCUT2D eigenvalue weighted by molar-refractivity contribution is 4.58. The average molecular weight is 583 g/mol. The molecule has 2 heteroatoms. The van der Waals surface area contributed by atoms with E-state index < -0.39 is 0 Å². The Morgan fingerprint density at radius 3 is 0.805 bits per heavy atom. The molecule has 0 saturated heterocycles. The van der Waals surface area contributed by atoms with Crippen molar-refractivity contribution in [3.63, 3.8) is 0 Å². The van der Waals surface area contributed by atoms with Gasteiger partial charge in [0.15, 0.2) is 0 Å². The lowest BCUT2D eigenvalue weighted by atomic mass is 9.96. The first-order chi connectivity index (χ1) is 20.3. The Morgan fingerprint density at radius 1 is 0.293 bits per heavy atom. The minimum absolute atomic E-state index is 0.374. The predicted octanol–water partition coefficient (Wildman–Crippen LogP) is 13.5. The molecule has 0 aromatic carbocycles. The molecule has 0 radical (unpaired) electrons. The van der Waals surface area contributed by atoms with Crippen molar-refractivity contribution < 1.29 is 10.2 Å². The van der Waals surface area contributed by atoms with Crippen LogP contribution in [0.5, 0.6) is 0 Å². The van der Waals surface area contributed by atoms with Crippen molar-refractivity contribution in [1.29, 1.82) is 0 Å². The first-order valence-corrected chi connectivity index (χ1v) is 19.5. The fraction of sp³-hybridized carbons (Fsp3) is 1.00. The highest BCUT2D eigenvalue weighted by Gasteiger charge is 2.05. The van der Waals surface area contributed by atoms with Gasteiger partial charge in [-0.3, -0.25) is 0 Å². The fourth-order valence-electron chi connectivity index (χ4n) is 6.02. The molecule has 0 heterocycles. The minimum Gasteiger partial charge on any atom is -0.396 e. The van der Waals surface area contributed by atoms with Crippen LogP contribution in [0, 0.1) is 5.92 Å². The van der Waals surface area contributed by atoms with Crippen molar-refractivity contribution in [3.05, 3.63) is 0 Å². The minimum atomic E-state index is 0.374. The maximum Gasteiger partial charge on any atom is 0.0459 e. The Morgan fingerprint density at radius 2 is 0.561 bits per heavy atom. The largest absolute Gasteiger partial charge is 0.396 e. The van der Waals surface area contributed by atoms with Gasteiger partial charge < -0.3 is 10.2 Å². The van der Waals surface area contributed by atoms with Crippen LogP contribution in [0.25, 0.3) is 0 Å². The van der Waals surface area contributed by atoms with Gasteiger partial charge in [-0.25, -0.2) is 0 Å². The van der Waals surface area contributed by atoms with Crippen molar-refractivity contribution in [2.45, 2.75) is 233 Å². The van der Waals surface area contributed by atoms with Crippen LogP contribution in [-0.2, 0) is 0 Å². The molecule has 0 aliphatic heterocycles. The zero-order chi connectivity index (χ0) is 30.3. The second-order valence-electron chi connectivity index (χ2n) is 13.2. The molecule has 1 atom stereocenters. The molecule has 2 N–H and O–H groups in total. The molecule has 0 bridgehead atoms. The topological polar surface area (TPSA) is 40.5 Å². The van der Waals surface area contributed by atoms with E-state index in [4.69, 9.17) is 5.11 Å². The second kappa shape index (κ2) is 42.1. The summed E-state index contributed by atoms with van der Waals surface area (Å²) in [6.45, 7) is 7.55. The normalized spacial score (nSPS) is 11.9. The molecule has 1 unspecified atom stereocenters. The van der Waals surface area contributed by atoms with Crippen molar-refractivity contribution in [2.24, 2.45) is 5.92 Å². The van der Waals surface area contributed by atoms with Gasteiger partial charge in [0, 0.05) is 13.2 Å². The molecule has 41 heavy (non-hydrogen) atoms. The summed E-state index contributed by atoms with van der Waals surface area (Å²) in [4.78, 5) is 0. The first-order valence-electron chi connectivity index (χ1n) is 19.5. The van der Waals surface area contributed by atoms with Gasteiger partial charge in [-0.2, -0.15) is 0 Å². The molecule has 0 aromatic rings. The molecule has 0 rings (SSSR count). The number of hydrogen-bond acceptors (Lipinski definition) is 2. The van der Waals surface area contributed by atoms with E-state index in [-0.39, 0.29) is 0 Å². The zero-order valence-electron chi connectivity index (χ0n) is 29.2. The molecule has 0 fully saturated rings. The van der Waals surface area contributed by atoms with Crippen molar-refractivity contribution in [2.75, 3.05) is 13.2 Å². The van der Waals surface area contributed by atoms with Crippen LogP contribution in [0.4, 0.5) is 0 Å². The maximum absolute atomic E-state index is 9.23. The van der Waals surface area contributed by atoms with Gasteiger partial charge in [0.1, 0.15) is 0 Å². The summed E-state index contributed by atoms with van der Waals surface area (Å²) in [7, 11) is 0. The van der Waals surface area contributed by atoms with Gasteiger partial charge in [-0.05, 0) is 25.2 Å². The van der Waals surface area contributed by atoms with Gasteiger partial charge >= 0.3 is 0 Å². The Labute approximate surface area is 261 Å². The van der Waals surface area contributed by atoms with Crippen molar-refractivity contribution >= 4 is 0 Å². The lowest BCUT2D eigenvalue weighted by Gasteiger charge is -2.12. The van der Waals surface area contributed by atoms with Crippen molar-refractivity contribution in [3.8, 4) is 0 Å². The number of hydrogen-bond donors (Lipinski definition) is 2. The molecule has 0 aliphatic rings. The van der Waals surface area contributed by atoms with Crippen molar-refractivity contribution in [1.82, 2.24) is 0 Å². The molecule has 250 valence electrons. The van der Waals surface area contributed by atoms with E-state index in [0.717, 1.165) is 6.42 Å². The third-order valence-corrected chi connectivity index (χ3v) is 8.93. The Bertz CT molecular complexity index is 392. The number of aliphatic hydroxyl groups is 2. The van der Waals surface area contributed by atoms with E-state index in [1.54, 1.807) is 0 Å². The average Bonchev–Trinajstić information content (AvgIpc) is 2.99. The summed E-state index contributed by atoms with van der Waals surface area (Å²) >= 11 is 0. The van der Waals surface area contributed by atoms with Crippen LogP contribution in [-0.4, -0.2) is 23.4 Å². The lowest BCUT2D eigenvalue weighted by Crippen LogP contribution is -2.05. The van der Waals surface area contributed by atoms with Crippen LogP contribution in [0.3, 0.4) is 0 Å². The number of aliphatic hydroxyl groups excluding tert-OH is 2. The number of unbranched alkanes of at least 4 members (excludes halogenated alkanes) is 28. The number of rotatable bonds is 34. The molecule has 0 saturated carbocycles. The Kier molecular flexibility index (Phi) is 44.2. The third-order valence-electron chi connectivity index (χ3n) is 8.93. The van der Waals surface area contributed by atoms with Gasteiger partial charge in [-0.15, -0.1) is 0 Å². The predicted molar refractivity (Wildman–Crippen MR) is 187 cm³/mol. The molecular weight excluding hydrogens is 500 g/mol. The smallest absolute Gasteiger partial charge is 0.0459 e. The fourth-order valence-corrected chi connectivity index (χ4v) is 6.02. The van der Waals surface area contributed by atoms with E-state index in [1.807, 2.05) is 0 Å². The first kappa shape index (κ1) is 43.0. The van der Waals surface area contributed by atoms with Gasteiger partial charge in [-0.1, -0.05) is 213 Å². The molecule has 0 amide bonds. The quantitative estimate of drug-likeness (QED) is 0.0741. The molecule has 2 nitrogen and oxygen atoms in total. The maximum atomic E-state index is 9.23. The lowest BCUT2D eigenvalue weighted by molar-refractivity contribution is 0.206. The monoisotopic (exact) mass is 583 g/mol. The standard InChI is InChI=1S/C20H42O.C19H40O/c1-2-3-4-5-6-7-8-9-10-11-12-13-14-15-16-17-18-19-20-21;1-3-5-6-7-8-9-10-11-12-13-14-15-17-19(18-20)16-4-2/h21H,2-20H2,1H3;19-20H,3-18H2,1-2H3. The van der Waals surface area contributed by atoms with Gasteiger partial charge in [0.2, 0.25) is 0 Å². The Hall–Kier alpha value is -0.0800. The molecule has 0 aliphatic carbocycles. The van der Waals surface area contributed by atoms with E-state index >= 15 is 0 Å². The Balaban J connectivity index is 0. The second-order valence-corrected chi connectivity index (χ2v) is 13.2. The zero-order valence-corrected chi connectivity index (χ0v) is 29.2. The summed E-state index contributed by atoms with van der Waals surface area (Å²) in [5.41, 5.74) is 0. The summed E-state index contributed by atoms with van der Waals surface area (Å²) in [6, 6.07) is 0. The molecule has 0 aromatic heterocycles. The van der Waals surface area contributed by atoms with Gasteiger partial charge in [0.25, 0.3) is 0 Å². The SMILES string of the molecule is CCCCCCCCCCCCCCC(CO)CCC.CCCCCCCCCCCCCCCCCCCCO. The summed E-state index contributed by atoms with van der Waals surface area (Å²) < 4.78 is 0. The van der Waals surface area contributed by atoms with Crippen LogP contribution in [0.2, 0.25) is 0 Å². The van der Waals surface area contributed by atoms with E-state index in [9.17, 15) is 5.11 Å². The van der Waals surface area contributed by atoms with Crippen LogP contribution < -0.4 is 0 Å². The molecular formula is C39H82O2. The third kappa shape index (κ3) is 42.1. The highest BCUT2D eigenvalue weighted by Crippen LogP contribution is 2.17.